The monoisotopic (exact) mass is 548 g/mol. The van der Waals surface area contributed by atoms with Crippen molar-refractivity contribution in [1.29, 1.82) is 0 Å². The van der Waals surface area contributed by atoms with Gasteiger partial charge in [0.1, 0.15) is 5.65 Å². The molecule has 0 radical (unpaired) electrons. The molecule has 0 bridgehead atoms. The number of para-hydroxylation sites is 2. The van der Waals surface area contributed by atoms with Crippen LogP contribution in [0.1, 0.15) is 34.4 Å². The molecule has 0 saturated carbocycles. The summed E-state index contributed by atoms with van der Waals surface area (Å²) in [6.45, 7) is 0. The molecule has 2 aromatic heterocycles. The summed E-state index contributed by atoms with van der Waals surface area (Å²) < 4.78 is 2.40. The topological polar surface area (TPSA) is 17.3 Å². The van der Waals surface area contributed by atoms with Crippen molar-refractivity contribution in [2.24, 2.45) is 0 Å². The standard InChI is InChI=1S/C41H28N2/c1-2-9-34-32(8-1)35-24-30(20-23-37(35)43-38-11-4-3-10-36(38)42-41(34)43)25-12-14-26(15-13-25)31-21-18-29-17-16-27-6-5-7-28-19-22-33(31)40(29)39(27)28/h1-15,18-19,21-22,24H,16-17,20,23H2. The molecule has 2 aliphatic carbocycles. The molecule has 0 atom stereocenters. The number of aryl methyl sites for hydroxylation is 3. The molecule has 202 valence electrons. The van der Waals surface area contributed by atoms with Gasteiger partial charge in [-0.2, -0.15) is 0 Å². The third-order valence-electron chi connectivity index (χ3n) is 9.97. The SMILES string of the molecule is C1=C(c2ccc(-c3ccc4c5c3ccc3cccc(c35)CC4)cc2)CCc2c1c1ccccc1c1nc3ccccc3n21. The average molecular weight is 549 g/mol. The van der Waals surface area contributed by atoms with E-state index in [2.05, 4.69) is 126 Å². The molecule has 0 aliphatic heterocycles. The van der Waals surface area contributed by atoms with Gasteiger partial charge < -0.3 is 0 Å². The number of benzene rings is 6. The van der Waals surface area contributed by atoms with Crippen molar-refractivity contribution in [2.75, 3.05) is 0 Å². The van der Waals surface area contributed by atoms with Crippen molar-refractivity contribution in [2.45, 2.75) is 25.7 Å². The summed E-state index contributed by atoms with van der Waals surface area (Å²) in [5.41, 5.74) is 14.3. The first-order valence-corrected chi connectivity index (χ1v) is 15.4. The highest BCUT2D eigenvalue weighted by atomic mass is 15.0. The van der Waals surface area contributed by atoms with Gasteiger partial charge in [0.25, 0.3) is 0 Å². The minimum atomic E-state index is 0.992. The number of pyridine rings is 1. The summed E-state index contributed by atoms with van der Waals surface area (Å²) in [7, 11) is 0. The highest BCUT2D eigenvalue weighted by Crippen LogP contribution is 2.41. The van der Waals surface area contributed by atoms with E-state index in [1.54, 1.807) is 0 Å². The van der Waals surface area contributed by atoms with Crippen LogP contribution in [-0.4, -0.2) is 9.38 Å². The third-order valence-corrected chi connectivity index (χ3v) is 9.97. The first-order chi connectivity index (χ1) is 21.3. The highest BCUT2D eigenvalue weighted by Gasteiger charge is 2.22. The van der Waals surface area contributed by atoms with E-state index in [0.29, 0.717) is 0 Å². The predicted molar refractivity (Wildman–Crippen MR) is 181 cm³/mol. The zero-order valence-corrected chi connectivity index (χ0v) is 23.8. The Hall–Kier alpha value is -5.21. The van der Waals surface area contributed by atoms with Crippen molar-refractivity contribution in [3.63, 3.8) is 0 Å². The lowest BCUT2D eigenvalue weighted by atomic mass is 9.83. The number of hydrogen-bond acceptors (Lipinski definition) is 1. The van der Waals surface area contributed by atoms with Crippen LogP contribution in [0.25, 0.3) is 71.8 Å². The Kier molecular flexibility index (Phi) is 4.70. The lowest BCUT2D eigenvalue weighted by molar-refractivity contribution is 0.924. The largest absolute Gasteiger partial charge is 0.295 e. The van der Waals surface area contributed by atoms with Crippen molar-refractivity contribution in [3.8, 4) is 11.1 Å². The summed E-state index contributed by atoms with van der Waals surface area (Å²) in [5, 5.41) is 8.14. The van der Waals surface area contributed by atoms with Crippen LogP contribution in [0.5, 0.6) is 0 Å². The van der Waals surface area contributed by atoms with Crippen LogP contribution in [0, 0.1) is 0 Å². The smallest absolute Gasteiger partial charge is 0.146 e. The van der Waals surface area contributed by atoms with E-state index in [9.17, 15) is 0 Å². The zero-order valence-electron chi connectivity index (χ0n) is 23.8. The molecule has 0 fully saturated rings. The summed E-state index contributed by atoms with van der Waals surface area (Å²) >= 11 is 0. The second-order valence-electron chi connectivity index (χ2n) is 12.2. The number of allylic oxidation sites excluding steroid dienone is 1. The molecule has 2 heteroatoms. The number of hydrogen-bond donors (Lipinski definition) is 0. The van der Waals surface area contributed by atoms with E-state index < -0.39 is 0 Å². The molecule has 0 N–H and O–H groups in total. The maximum atomic E-state index is 5.06. The number of fused-ring (bicyclic) bond motifs is 8. The Bertz CT molecular complexity index is 2490. The average Bonchev–Trinajstić information content (AvgIpc) is 3.47. The number of imidazole rings is 1. The molecule has 0 saturated heterocycles. The molecule has 2 heterocycles. The van der Waals surface area contributed by atoms with Crippen LogP contribution < -0.4 is 0 Å². The van der Waals surface area contributed by atoms with Crippen LogP contribution in [0.3, 0.4) is 0 Å². The van der Waals surface area contributed by atoms with E-state index in [0.717, 1.165) is 36.8 Å². The summed E-state index contributed by atoms with van der Waals surface area (Å²) in [6, 6.07) is 42.7. The molecule has 0 unspecified atom stereocenters. The van der Waals surface area contributed by atoms with Gasteiger partial charge >= 0.3 is 0 Å². The van der Waals surface area contributed by atoms with Crippen molar-refractivity contribution < 1.29 is 0 Å². The molecule has 6 aromatic carbocycles. The second-order valence-corrected chi connectivity index (χ2v) is 12.2. The first-order valence-electron chi connectivity index (χ1n) is 15.4. The zero-order chi connectivity index (χ0) is 28.1. The fourth-order valence-electron chi connectivity index (χ4n) is 7.97. The van der Waals surface area contributed by atoms with Gasteiger partial charge in [-0.1, -0.05) is 103 Å². The van der Waals surface area contributed by atoms with Gasteiger partial charge in [0.2, 0.25) is 0 Å². The quantitative estimate of drug-likeness (QED) is 0.196. The van der Waals surface area contributed by atoms with Gasteiger partial charge in [-0.15, -0.1) is 0 Å². The number of rotatable bonds is 2. The molecule has 2 nitrogen and oxygen atoms in total. The van der Waals surface area contributed by atoms with Gasteiger partial charge in [-0.3, -0.25) is 4.40 Å². The molecule has 0 spiro atoms. The van der Waals surface area contributed by atoms with Gasteiger partial charge in [-0.25, -0.2) is 4.98 Å². The number of nitrogens with zero attached hydrogens (tertiary/aromatic N) is 2. The Morgan fingerprint density at radius 1 is 0.535 bits per heavy atom. The summed E-state index contributed by atoms with van der Waals surface area (Å²) in [5.74, 6) is 0. The second kappa shape index (κ2) is 8.65. The minimum absolute atomic E-state index is 0.992. The molecular formula is C41H28N2. The lowest BCUT2D eigenvalue weighted by Crippen LogP contribution is -2.07. The molecule has 2 aliphatic rings. The molecular weight excluding hydrogens is 520 g/mol. The Labute approximate surface area is 249 Å². The van der Waals surface area contributed by atoms with Crippen molar-refractivity contribution in [3.05, 3.63) is 143 Å². The highest BCUT2D eigenvalue weighted by molar-refractivity contribution is 6.15. The molecule has 43 heavy (non-hydrogen) atoms. The van der Waals surface area contributed by atoms with E-state index in [4.69, 9.17) is 4.98 Å². The van der Waals surface area contributed by atoms with E-state index in [1.807, 2.05) is 0 Å². The van der Waals surface area contributed by atoms with Crippen LogP contribution in [0.4, 0.5) is 0 Å². The minimum Gasteiger partial charge on any atom is -0.295 e. The van der Waals surface area contributed by atoms with Crippen LogP contribution in [0.2, 0.25) is 0 Å². The molecule has 0 amide bonds. The predicted octanol–water partition coefficient (Wildman–Crippen LogP) is 10.2. The van der Waals surface area contributed by atoms with E-state index >= 15 is 0 Å². The molecule has 10 rings (SSSR count). The van der Waals surface area contributed by atoms with E-state index in [-0.39, 0.29) is 0 Å². The maximum Gasteiger partial charge on any atom is 0.146 e. The van der Waals surface area contributed by atoms with Gasteiger partial charge in [-0.05, 0) is 104 Å². The van der Waals surface area contributed by atoms with Gasteiger partial charge in [0.05, 0.1) is 11.0 Å². The Balaban J connectivity index is 1.11. The number of aromatic nitrogens is 2. The Morgan fingerprint density at radius 3 is 2.23 bits per heavy atom. The maximum absolute atomic E-state index is 5.06. The van der Waals surface area contributed by atoms with Crippen molar-refractivity contribution >= 4 is 60.6 Å². The van der Waals surface area contributed by atoms with Gasteiger partial charge in [0.15, 0.2) is 0 Å². The third kappa shape index (κ3) is 3.26. The lowest BCUT2D eigenvalue weighted by Gasteiger charge is -2.22. The van der Waals surface area contributed by atoms with Crippen LogP contribution >= 0.6 is 0 Å². The summed E-state index contributed by atoms with van der Waals surface area (Å²) in [4.78, 5) is 5.06. The fourth-order valence-corrected chi connectivity index (χ4v) is 7.97. The Morgan fingerprint density at radius 2 is 1.33 bits per heavy atom. The van der Waals surface area contributed by atoms with Crippen molar-refractivity contribution in [1.82, 2.24) is 9.38 Å². The van der Waals surface area contributed by atoms with Gasteiger partial charge in [0, 0.05) is 16.6 Å². The molecule has 8 aromatic rings. The fraction of sp³-hybridized carbons (Fsp3) is 0.0976. The summed E-state index contributed by atoms with van der Waals surface area (Å²) in [6.07, 6.45) is 6.70. The van der Waals surface area contributed by atoms with E-state index in [1.165, 1.54) is 82.5 Å². The van der Waals surface area contributed by atoms with Crippen LogP contribution in [0.15, 0.2) is 115 Å². The first kappa shape index (κ1) is 23.4. The normalized spacial score (nSPS) is 14.3. The van der Waals surface area contributed by atoms with Crippen LogP contribution in [-0.2, 0) is 19.3 Å².